The Balaban J connectivity index is 1.60. The van der Waals surface area contributed by atoms with E-state index in [4.69, 9.17) is 15.2 Å². The minimum Gasteiger partial charge on any atom is -0.490 e. The van der Waals surface area contributed by atoms with Crippen molar-refractivity contribution >= 4 is 10.0 Å². The normalized spacial score (nSPS) is 23.6. The molecule has 0 spiro atoms. The Bertz CT molecular complexity index is 886. The summed E-state index contributed by atoms with van der Waals surface area (Å²) in [7, 11) is -3.64. The van der Waals surface area contributed by atoms with Crippen molar-refractivity contribution in [2.45, 2.75) is 23.3 Å². The standard InChI is InChI=1S/C19H22N2O4S/c20-17-13-21(12-16(17)14-5-2-1-3-6-14)26(22,23)15-7-8-18-19(11-15)25-10-4-9-24-18/h1-3,5-8,11,16-17H,4,9-10,12-13,20H2/t16-,17+/m0/s1. The van der Waals surface area contributed by atoms with Gasteiger partial charge in [-0.05, 0) is 17.7 Å². The summed E-state index contributed by atoms with van der Waals surface area (Å²) in [4.78, 5) is 0.211. The molecule has 2 aromatic rings. The van der Waals surface area contributed by atoms with Gasteiger partial charge < -0.3 is 15.2 Å². The first-order valence-electron chi connectivity index (χ1n) is 8.76. The Labute approximate surface area is 153 Å². The molecular weight excluding hydrogens is 352 g/mol. The molecule has 1 fully saturated rings. The number of hydrogen-bond donors (Lipinski definition) is 1. The predicted molar refractivity (Wildman–Crippen MR) is 98.0 cm³/mol. The van der Waals surface area contributed by atoms with E-state index in [1.54, 1.807) is 18.2 Å². The highest BCUT2D eigenvalue weighted by Gasteiger charge is 2.38. The van der Waals surface area contributed by atoms with Crippen LogP contribution in [0.4, 0.5) is 0 Å². The molecule has 0 saturated carbocycles. The molecule has 2 aromatic carbocycles. The van der Waals surface area contributed by atoms with Crippen LogP contribution in [0.5, 0.6) is 11.5 Å². The van der Waals surface area contributed by atoms with Gasteiger partial charge in [0.15, 0.2) is 11.5 Å². The van der Waals surface area contributed by atoms with Crippen molar-refractivity contribution in [1.82, 2.24) is 4.31 Å². The van der Waals surface area contributed by atoms with Crippen molar-refractivity contribution < 1.29 is 17.9 Å². The van der Waals surface area contributed by atoms with Gasteiger partial charge in [0.2, 0.25) is 10.0 Å². The molecule has 0 unspecified atom stereocenters. The lowest BCUT2D eigenvalue weighted by Crippen LogP contribution is -2.32. The van der Waals surface area contributed by atoms with E-state index in [0.29, 0.717) is 37.8 Å². The fourth-order valence-electron chi connectivity index (χ4n) is 3.49. The van der Waals surface area contributed by atoms with Gasteiger partial charge in [0.1, 0.15) is 0 Å². The fraction of sp³-hybridized carbons (Fsp3) is 0.368. The van der Waals surface area contributed by atoms with Crippen molar-refractivity contribution in [2.24, 2.45) is 5.73 Å². The second-order valence-corrected chi connectivity index (χ2v) is 8.60. The number of rotatable bonds is 3. The third-order valence-corrected chi connectivity index (χ3v) is 6.74. The van der Waals surface area contributed by atoms with Gasteiger partial charge in [-0.25, -0.2) is 8.42 Å². The van der Waals surface area contributed by atoms with Crippen molar-refractivity contribution in [1.29, 1.82) is 0 Å². The second-order valence-electron chi connectivity index (χ2n) is 6.66. The minimum absolute atomic E-state index is 0.00798. The summed E-state index contributed by atoms with van der Waals surface area (Å²) in [6, 6.07) is 14.4. The molecule has 7 heteroatoms. The summed E-state index contributed by atoms with van der Waals surface area (Å²) in [6.45, 7) is 1.76. The maximum absolute atomic E-state index is 13.1. The van der Waals surface area contributed by atoms with Crippen molar-refractivity contribution in [3.63, 3.8) is 0 Å². The third-order valence-electron chi connectivity index (χ3n) is 4.92. The second kappa shape index (κ2) is 6.90. The Hall–Kier alpha value is -2.09. The Morgan fingerprint density at radius 3 is 2.46 bits per heavy atom. The molecule has 138 valence electrons. The molecule has 6 nitrogen and oxygen atoms in total. The third kappa shape index (κ3) is 3.18. The summed E-state index contributed by atoms with van der Waals surface area (Å²) in [5, 5.41) is 0. The zero-order valence-corrected chi connectivity index (χ0v) is 15.2. The highest BCUT2D eigenvalue weighted by atomic mass is 32.2. The monoisotopic (exact) mass is 374 g/mol. The quantitative estimate of drug-likeness (QED) is 0.888. The van der Waals surface area contributed by atoms with E-state index >= 15 is 0 Å². The van der Waals surface area contributed by atoms with Gasteiger partial charge in [0, 0.05) is 37.5 Å². The predicted octanol–water partition coefficient (Wildman–Crippen LogP) is 1.96. The molecule has 0 aliphatic carbocycles. The van der Waals surface area contributed by atoms with E-state index in [1.165, 1.54) is 4.31 Å². The van der Waals surface area contributed by atoms with Gasteiger partial charge in [-0.15, -0.1) is 0 Å². The summed E-state index contributed by atoms with van der Waals surface area (Å²) >= 11 is 0. The molecule has 2 heterocycles. The lowest BCUT2D eigenvalue weighted by atomic mass is 9.95. The van der Waals surface area contributed by atoms with E-state index in [-0.39, 0.29) is 16.9 Å². The molecule has 0 aromatic heterocycles. The lowest BCUT2D eigenvalue weighted by Gasteiger charge is -2.17. The molecule has 0 radical (unpaired) electrons. The SMILES string of the molecule is N[C@@H]1CN(S(=O)(=O)c2ccc3c(c2)OCCCO3)C[C@H]1c1ccccc1. The summed E-state index contributed by atoms with van der Waals surface area (Å²) in [5.74, 6) is 1.06. The Morgan fingerprint density at radius 1 is 0.962 bits per heavy atom. The van der Waals surface area contributed by atoms with E-state index < -0.39 is 10.0 Å². The smallest absolute Gasteiger partial charge is 0.243 e. The Morgan fingerprint density at radius 2 is 1.69 bits per heavy atom. The zero-order valence-electron chi connectivity index (χ0n) is 14.4. The van der Waals surface area contributed by atoms with E-state index in [0.717, 1.165) is 12.0 Å². The van der Waals surface area contributed by atoms with Crippen molar-refractivity contribution in [3.05, 3.63) is 54.1 Å². The molecule has 0 amide bonds. The molecule has 2 atom stereocenters. The van der Waals surface area contributed by atoms with Crippen LogP contribution in [-0.2, 0) is 10.0 Å². The number of ether oxygens (including phenoxy) is 2. The summed E-state index contributed by atoms with van der Waals surface area (Å²) in [6.07, 6.45) is 0.774. The van der Waals surface area contributed by atoms with Crippen LogP contribution >= 0.6 is 0 Å². The van der Waals surface area contributed by atoms with Gasteiger partial charge in [-0.2, -0.15) is 4.31 Å². The van der Waals surface area contributed by atoms with Crippen LogP contribution in [0.25, 0.3) is 0 Å². The van der Waals surface area contributed by atoms with Gasteiger partial charge in [0.05, 0.1) is 18.1 Å². The number of benzene rings is 2. The molecule has 2 aliphatic rings. The van der Waals surface area contributed by atoms with Crippen molar-refractivity contribution in [2.75, 3.05) is 26.3 Å². The van der Waals surface area contributed by atoms with E-state index in [1.807, 2.05) is 30.3 Å². The highest BCUT2D eigenvalue weighted by molar-refractivity contribution is 7.89. The first-order valence-corrected chi connectivity index (χ1v) is 10.2. The molecule has 2 aliphatic heterocycles. The van der Waals surface area contributed by atoms with E-state index in [9.17, 15) is 8.42 Å². The average Bonchev–Trinajstić information content (AvgIpc) is 2.90. The first kappa shape index (κ1) is 17.3. The molecular formula is C19H22N2O4S. The zero-order chi connectivity index (χ0) is 18.1. The van der Waals surface area contributed by atoms with Gasteiger partial charge in [-0.1, -0.05) is 30.3 Å². The van der Waals surface area contributed by atoms with Crippen LogP contribution < -0.4 is 15.2 Å². The highest BCUT2D eigenvalue weighted by Crippen LogP contribution is 2.35. The van der Waals surface area contributed by atoms with Crippen molar-refractivity contribution in [3.8, 4) is 11.5 Å². The Kier molecular flexibility index (Phi) is 4.60. The van der Waals surface area contributed by atoms with E-state index in [2.05, 4.69) is 0 Å². The number of nitrogens with two attached hydrogens (primary N) is 1. The van der Waals surface area contributed by atoms with Crippen LogP contribution in [0.3, 0.4) is 0 Å². The van der Waals surface area contributed by atoms with Gasteiger partial charge >= 0.3 is 0 Å². The maximum atomic E-state index is 13.1. The molecule has 26 heavy (non-hydrogen) atoms. The number of hydrogen-bond acceptors (Lipinski definition) is 5. The molecule has 1 saturated heterocycles. The van der Waals surface area contributed by atoms with Crippen LogP contribution in [0.1, 0.15) is 17.9 Å². The summed E-state index contributed by atoms with van der Waals surface area (Å²) in [5.41, 5.74) is 7.32. The molecule has 2 N–H and O–H groups in total. The van der Waals surface area contributed by atoms with Crippen LogP contribution in [0, 0.1) is 0 Å². The number of fused-ring (bicyclic) bond motifs is 1. The van der Waals surface area contributed by atoms with Gasteiger partial charge in [-0.3, -0.25) is 0 Å². The average molecular weight is 374 g/mol. The molecule has 0 bridgehead atoms. The minimum atomic E-state index is -3.64. The van der Waals surface area contributed by atoms with Crippen LogP contribution in [0.2, 0.25) is 0 Å². The van der Waals surface area contributed by atoms with Crippen LogP contribution in [-0.4, -0.2) is 45.1 Å². The fourth-order valence-corrected chi connectivity index (χ4v) is 5.01. The largest absolute Gasteiger partial charge is 0.490 e. The molecule has 4 rings (SSSR count). The topological polar surface area (TPSA) is 81.9 Å². The number of sulfonamides is 1. The maximum Gasteiger partial charge on any atom is 0.243 e. The summed E-state index contributed by atoms with van der Waals surface area (Å²) < 4.78 is 38.9. The lowest BCUT2D eigenvalue weighted by molar-refractivity contribution is 0.297. The first-order chi connectivity index (χ1) is 12.6. The number of nitrogens with zero attached hydrogens (tertiary/aromatic N) is 1. The van der Waals surface area contributed by atoms with Gasteiger partial charge in [0.25, 0.3) is 0 Å². The van der Waals surface area contributed by atoms with Crippen LogP contribution in [0.15, 0.2) is 53.4 Å².